The van der Waals surface area contributed by atoms with Gasteiger partial charge in [0, 0.05) is 28.0 Å². The first-order valence-corrected chi connectivity index (χ1v) is 18.5. The van der Waals surface area contributed by atoms with Crippen molar-refractivity contribution in [2.75, 3.05) is 4.90 Å². The van der Waals surface area contributed by atoms with Crippen LogP contribution in [0.1, 0.15) is 131 Å². The van der Waals surface area contributed by atoms with Gasteiger partial charge in [-0.15, -0.1) is 0 Å². The van der Waals surface area contributed by atoms with Gasteiger partial charge in [-0.2, -0.15) is 0 Å². The topological polar surface area (TPSA) is 38.5 Å². The second kappa shape index (κ2) is 10.3. The van der Waals surface area contributed by atoms with E-state index in [9.17, 15) is 0 Å². The van der Waals surface area contributed by atoms with Crippen molar-refractivity contribution in [1.29, 1.82) is 0 Å². The highest BCUT2D eigenvalue weighted by Gasteiger charge is 2.49. The van der Waals surface area contributed by atoms with Gasteiger partial charge in [0.1, 0.15) is 28.6 Å². The third-order valence-electron chi connectivity index (χ3n) is 11.8. The van der Waals surface area contributed by atoms with Crippen molar-refractivity contribution in [2.24, 2.45) is 0 Å². The molecule has 0 bridgehead atoms. The van der Waals surface area contributed by atoms with Gasteiger partial charge in [0.2, 0.25) is 0 Å². The van der Waals surface area contributed by atoms with Crippen LogP contribution in [0.4, 0.5) is 17.2 Å². The summed E-state index contributed by atoms with van der Waals surface area (Å²) in [5.41, 5.74) is 12.7. The summed E-state index contributed by atoms with van der Waals surface area (Å²) in [5.74, 6) is 2.75. The van der Waals surface area contributed by atoms with E-state index in [0.717, 1.165) is 69.3 Å². The van der Waals surface area contributed by atoms with Crippen molar-refractivity contribution in [1.82, 2.24) is 4.98 Å². The highest BCUT2D eigenvalue weighted by atomic mass is 16.5. The fourth-order valence-electron chi connectivity index (χ4n) is 8.36. The zero-order chi connectivity index (χ0) is 35.9. The molecule has 4 nitrogen and oxygen atoms in total. The number of aromatic nitrogens is 1. The molecule has 2 aliphatic heterocycles. The van der Waals surface area contributed by atoms with Crippen LogP contribution in [0.15, 0.2) is 65.1 Å². The molecule has 0 radical (unpaired) electrons. The number of nitrogens with zero attached hydrogens (tertiary/aromatic N) is 2. The van der Waals surface area contributed by atoms with Gasteiger partial charge in [0.25, 0.3) is 0 Å². The number of fused-ring (bicyclic) bond motifs is 7. The first kappa shape index (κ1) is 33.2. The average molecular weight is 665 g/mol. The molecule has 0 N–H and O–H groups in total. The Hall–Kier alpha value is -3.99. The van der Waals surface area contributed by atoms with Crippen LogP contribution >= 0.6 is 0 Å². The predicted molar refractivity (Wildman–Crippen MR) is 211 cm³/mol. The smallest absolute Gasteiger partial charge is 0.303 e. The molecular formula is C45H53BN2O2. The van der Waals surface area contributed by atoms with E-state index in [0.29, 0.717) is 0 Å². The lowest BCUT2D eigenvalue weighted by Gasteiger charge is -2.44. The lowest BCUT2D eigenvalue weighted by molar-refractivity contribution is 0.330. The van der Waals surface area contributed by atoms with Crippen molar-refractivity contribution in [3.8, 4) is 11.5 Å². The fourth-order valence-corrected chi connectivity index (χ4v) is 8.36. The summed E-state index contributed by atoms with van der Waals surface area (Å²) < 4.78 is 14.2. The third-order valence-corrected chi connectivity index (χ3v) is 11.8. The normalized spacial score (nSPS) is 17.5. The molecule has 1 aliphatic carbocycles. The average Bonchev–Trinajstić information content (AvgIpc) is 3.40. The van der Waals surface area contributed by atoms with E-state index in [2.05, 4.69) is 156 Å². The van der Waals surface area contributed by atoms with Crippen LogP contribution in [-0.4, -0.2) is 11.7 Å². The van der Waals surface area contributed by atoms with Gasteiger partial charge in [-0.3, -0.25) is 4.90 Å². The van der Waals surface area contributed by atoms with Crippen LogP contribution in [0, 0.1) is 0 Å². The molecule has 0 unspecified atom stereocenters. The van der Waals surface area contributed by atoms with Crippen molar-refractivity contribution in [2.45, 2.75) is 130 Å². The van der Waals surface area contributed by atoms with E-state index in [1.165, 1.54) is 27.7 Å². The molecule has 0 spiro atoms. The van der Waals surface area contributed by atoms with Gasteiger partial charge in [0.05, 0.1) is 11.4 Å². The number of ether oxygens (including phenoxy) is 1. The van der Waals surface area contributed by atoms with Crippen molar-refractivity contribution >= 4 is 51.5 Å². The van der Waals surface area contributed by atoms with Gasteiger partial charge < -0.3 is 9.15 Å². The number of furan rings is 1. The predicted octanol–water partition coefficient (Wildman–Crippen LogP) is 10.5. The number of rotatable bonds is 1. The highest BCUT2D eigenvalue weighted by Crippen LogP contribution is 2.50. The summed E-state index contributed by atoms with van der Waals surface area (Å²) in [6.45, 7) is 29.8. The minimum Gasteiger partial charge on any atom is -0.468 e. The monoisotopic (exact) mass is 664 g/mol. The third kappa shape index (κ3) is 4.97. The summed E-state index contributed by atoms with van der Waals surface area (Å²) in [5, 5.41) is 1.12. The molecule has 3 aromatic carbocycles. The Balaban J connectivity index is 1.48. The van der Waals surface area contributed by atoms with Crippen LogP contribution in [0.2, 0.25) is 0 Å². The molecule has 8 rings (SSSR count). The van der Waals surface area contributed by atoms with Crippen LogP contribution < -0.4 is 26.2 Å². The van der Waals surface area contributed by atoms with Gasteiger partial charge in [-0.25, -0.2) is 4.98 Å². The molecular weight excluding hydrogens is 611 g/mol. The molecule has 5 heteroatoms. The Bertz CT molecular complexity index is 2200. The number of hydrogen-bond acceptors (Lipinski definition) is 4. The molecule has 0 atom stereocenters. The lowest BCUT2D eigenvalue weighted by Crippen LogP contribution is -2.60. The molecule has 258 valence electrons. The van der Waals surface area contributed by atoms with E-state index in [1.54, 1.807) is 0 Å². The molecule has 5 aromatic rings. The molecule has 0 fully saturated rings. The number of pyridine rings is 1. The van der Waals surface area contributed by atoms with E-state index < -0.39 is 0 Å². The molecule has 0 saturated heterocycles. The zero-order valence-corrected chi connectivity index (χ0v) is 32.5. The maximum atomic E-state index is 7.10. The zero-order valence-electron chi connectivity index (χ0n) is 32.5. The number of hydrogen-bond donors (Lipinski definition) is 0. The maximum absolute atomic E-state index is 7.10. The highest BCUT2D eigenvalue weighted by molar-refractivity contribution is 6.98. The Morgan fingerprint density at radius 3 is 1.88 bits per heavy atom. The van der Waals surface area contributed by atoms with Crippen molar-refractivity contribution in [3.63, 3.8) is 0 Å². The van der Waals surface area contributed by atoms with Gasteiger partial charge in [-0.05, 0) is 92.6 Å². The van der Waals surface area contributed by atoms with Crippen LogP contribution in [0.3, 0.4) is 0 Å². The van der Waals surface area contributed by atoms with Gasteiger partial charge in [0.15, 0.2) is 0 Å². The second-order valence-corrected chi connectivity index (χ2v) is 19.6. The summed E-state index contributed by atoms with van der Waals surface area (Å²) in [6, 6.07) is 22.8. The Morgan fingerprint density at radius 2 is 1.28 bits per heavy atom. The quantitative estimate of drug-likeness (QED) is 0.164. The van der Waals surface area contributed by atoms with Crippen molar-refractivity contribution in [3.05, 3.63) is 88.6 Å². The minimum absolute atomic E-state index is 0.0162. The number of benzene rings is 3. The maximum Gasteiger partial charge on any atom is 0.303 e. The minimum atomic E-state index is -0.188. The van der Waals surface area contributed by atoms with E-state index >= 15 is 0 Å². The molecule has 50 heavy (non-hydrogen) atoms. The van der Waals surface area contributed by atoms with Crippen LogP contribution in [-0.2, 0) is 27.1 Å². The van der Waals surface area contributed by atoms with Crippen molar-refractivity contribution < 1.29 is 9.15 Å². The summed E-state index contributed by atoms with van der Waals surface area (Å²) in [4.78, 5) is 7.94. The van der Waals surface area contributed by atoms with Gasteiger partial charge in [-0.1, -0.05) is 114 Å². The summed E-state index contributed by atoms with van der Waals surface area (Å²) >= 11 is 0. The van der Waals surface area contributed by atoms with Crippen LogP contribution in [0.5, 0.6) is 11.5 Å². The van der Waals surface area contributed by atoms with Crippen LogP contribution in [0.25, 0.3) is 11.0 Å². The molecule has 3 aliphatic rings. The number of anilines is 3. The second-order valence-electron chi connectivity index (χ2n) is 19.6. The lowest BCUT2D eigenvalue weighted by atomic mass is 9.36. The Labute approximate surface area is 299 Å². The summed E-state index contributed by atoms with van der Waals surface area (Å²) in [7, 11) is 0. The Morgan fingerprint density at radius 1 is 0.680 bits per heavy atom. The SMILES string of the molecule is CC(C)(C)c1ccc(N2c3nc(C(C)(C)C)cc4c3B(c3cc5c(cc3O4)C(C)(C)CCC5(C)C)c3oc4ccc(C(C)(C)C)cc4c32)cc1. The van der Waals surface area contributed by atoms with E-state index in [4.69, 9.17) is 14.1 Å². The van der Waals surface area contributed by atoms with Gasteiger partial charge >= 0.3 is 6.71 Å². The first-order chi connectivity index (χ1) is 23.1. The largest absolute Gasteiger partial charge is 0.468 e. The molecule has 4 heterocycles. The summed E-state index contributed by atoms with van der Waals surface area (Å²) in [6.07, 6.45) is 2.31. The van der Waals surface area contributed by atoms with E-state index in [1.807, 2.05) is 0 Å². The molecule has 0 saturated carbocycles. The van der Waals surface area contributed by atoms with E-state index in [-0.39, 0.29) is 33.8 Å². The Kier molecular flexibility index (Phi) is 6.83. The molecule has 2 aromatic heterocycles. The first-order valence-electron chi connectivity index (χ1n) is 18.5. The fraction of sp³-hybridized carbons (Fsp3) is 0.444. The molecule has 0 amide bonds. The standard InChI is InChI=1S/C45H53BN2O2/c1-41(2,3)26-14-17-28(18-15-26)48-38-29-22-27(42(4,5)6)16-19-33(29)50-39(38)46-32-23-30-31(45(12,13)21-20-44(30,10)11)24-34(32)49-35-25-36(43(7,8)9)47-40(48)37(35)46/h14-19,22-25H,20-21H2,1-13H3.